The highest BCUT2D eigenvalue weighted by Crippen LogP contribution is 2.27. The van der Waals surface area contributed by atoms with Gasteiger partial charge in [0.05, 0.1) is 22.4 Å². The van der Waals surface area contributed by atoms with Crippen LogP contribution in [0.15, 0.2) is 33.6 Å². The molecule has 0 amide bonds. The van der Waals surface area contributed by atoms with Crippen LogP contribution in [0.1, 0.15) is 18.3 Å². The second-order valence-corrected chi connectivity index (χ2v) is 5.86. The first-order valence-electron chi connectivity index (χ1n) is 6.26. The van der Waals surface area contributed by atoms with Crippen LogP contribution < -0.4 is 5.32 Å². The first-order valence-corrected chi connectivity index (χ1v) is 8.27. The molecule has 1 N–H and O–H groups in total. The molecule has 2 aromatic rings. The zero-order valence-electron chi connectivity index (χ0n) is 11.4. The third kappa shape index (κ3) is 3.15. The lowest BCUT2D eigenvalue weighted by atomic mass is 10.3. The van der Waals surface area contributed by atoms with E-state index in [-0.39, 0.29) is 0 Å². The van der Waals surface area contributed by atoms with Crippen LogP contribution in [0.3, 0.4) is 0 Å². The highest BCUT2D eigenvalue weighted by molar-refractivity contribution is 9.10. The number of hydrogen-bond acceptors (Lipinski definition) is 3. The third-order valence-electron chi connectivity index (χ3n) is 3.01. The lowest BCUT2D eigenvalue weighted by Crippen LogP contribution is -2.08. The number of nitrogens with one attached hydrogen (secondary N) is 1. The number of halogens is 1. The van der Waals surface area contributed by atoms with Gasteiger partial charge in [-0.2, -0.15) is 5.10 Å². The molecule has 5 heteroatoms. The number of nitrogens with zero attached hydrogens (tertiary/aromatic N) is 2. The Kier molecular flexibility index (Phi) is 4.93. The first-order chi connectivity index (χ1) is 9.17. The van der Waals surface area contributed by atoms with E-state index < -0.39 is 0 Å². The molecule has 0 bridgehead atoms. The van der Waals surface area contributed by atoms with Crippen LogP contribution in [-0.4, -0.2) is 16.0 Å². The van der Waals surface area contributed by atoms with Gasteiger partial charge in [-0.05, 0) is 48.2 Å². The number of anilines is 1. The zero-order chi connectivity index (χ0) is 13.8. The predicted octanol–water partition coefficient (Wildman–Crippen LogP) is 4.31. The lowest BCUT2D eigenvalue weighted by molar-refractivity contribution is 0.622. The molecule has 0 unspecified atom stereocenters. The topological polar surface area (TPSA) is 29.9 Å². The van der Waals surface area contributed by atoms with Crippen molar-refractivity contribution in [3.63, 3.8) is 0 Å². The number of para-hydroxylation sites is 1. The molecule has 0 radical (unpaired) electrons. The first kappa shape index (κ1) is 14.5. The Bertz CT molecular complexity index is 566. The van der Waals surface area contributed by atoms with Crippen LogP contribution in [0.4, 0.5) is 5.69 Å². The maximum Gasteiger partial charge on any atom is 0.0739 e. The van der Waals surface area contributed by atoms with Gasteiger partial charge in [0.2, 0.25) is 0 Å². The molecule has 3 nitrogen and oxygen atoms in total. The third-order valence-corrected chi connectivity index (χ3v) is 4.83. The van der Waals surface area contributed by atoms with Crippen molar-refractivity contribution in [3.8, 4) is 0 Å². The standard InChI is InChI=1S/C14H18BrN3S/c1-4-18-12(14(15)10(2)17-18)9-16-11-7-5-6-8-13(11)19-3/h5-8,16H,4,9H2,1-3H3. The van der Waals surface area contributed by atoms with Gasteiger partial charge in [0.1, 0.15) is 0 Å². The summed E-state index contributed by atoms with van der Waals surface area (Å²) in [5.41, 5.74) is 3.40. The van der Waals surface area contributed by atoms with E-state index in [1.54, 1.807) is 11.8 Å². The summed E-state index contributed by atoms with van der Waals surface area (Å²) in [5.74, 6) is 0. The van der Waals surface area contributed by atoms with E-state index in [0.29, 0.717) is 0 Å². The molecule has 19 heavy (non-hydrogen) atoms. The average Bonchev–Trinajstić information content (AvgIpc) is 2.72. The Balaban J connectivity index is 2.19. The van der Waals surface area contributed by atoms with E-state index >= 15 is 0 Å². The quantitative estimate of drug-likeness (QED) is 0.823. The fourth-order valence-electron chi connectivity index (χ4n) is 2.01. The van der Waals surface area contributed by atoms with Gasteiger partial charge in [-0.15, -0.1) is 11.8 Å². The molecular formula is C14H18BrN3S. The van der Waals surface area contributed by atoms with E-state index in [2.05, 4.69) is 63.8 Å². The maximum atomic E-state index is 4.51. The van der Waals surface area contributed by atoms with Crippen LogP contribution in [0.25, 0.3) is 0 Å². The van der Waals surface area contributed by atoms with Crippen molar-refractivity contribution in [2.45, 2.75) is 31.8 Å². The molecule has 0 fully saturated rings. The number of aromatic nitrogens is 2. The van der Waals surface area contributed by atoms with Gasteiger partial charge < -0.3 is 5.32 Å². The normalized spacial score (nSPS) is 10.7. The second-order valence-electron chi connectivity index (χ2n) is 4.22. The monoisotopic (exact) mass is 339 g/mol. The molecule has 1 heterocycles. The highest BCUT2D eigenvalue weighted by atomic mass is 79.9. The van der Waals surface area contributed by atoms with Gasteiger partial charge in [-0.3, -0.25) is 4.68 Å². The molecule has 102 valence electrons. The van der Waals surface area contributed by atoms with E-state index in [1.807, 2.05) is 11.6 Å². The predicted molar refractivity (Wildman–Crippen MR) is 85.9 cm³/mol. The van der Waals surface area contributed by atoms with Gasteiger partial charge in [0.25, 0.3) is 0 Å². The van der Waals surface area contributed by atoms with Crippen molar-refractivity contribution in [2.24, 2.45) is 0 Å². The summed E-state index contributed by atoms with van der Waals surface area (Å²) in [6.45, 7) is 5.79. The molecule has 0 saturated carbocycles. The Morgan fingerprint density at radius 2 is 2.11 bits per heavy atom. The molecule has 0 spiro atoms. The average molecular weight is 340 g/mol. The molecule has 1 aromatic carbocycles. The largest absolute Gasteiger partial charge is 0.378 e. The Morgan fingerprint density at radius 3 is 2.79 bits per heavy atom. The molecule has 0 atom stereocenters. The Morgan fingerprint density at radius 1 is 1.37 bits per heavy atom. The SMILES string of the molecule is CCn1nc(C)c(Br)c1CNc1ccccc1SC. The number of benzene rings is 1. The van der Waals surface area contributed by atoms with Crippen molar-refractivity contribution in [3.05, 3.63) is 40.1 Å². The van der Waals surface area contributed by atoms with E-state index in [4.69, 9.17) is 0 Å². The summed E-state index contributed by atoms with van der Waals surface area (Å²) in [7, 11) is 0. The summed E-state index contributed by atoms with van der Waals surface area (Å²) >= 11 is 5.38. The van der Waals surface area contributed by atoms with Crippen LogP contribution in [0.5, 0.6) is 0 Å². The van der Waals surface area contributed by atoms with Crippen LogP contribution >= 0.6 is 27.7 Å². The Labute approximate surface area is 126 Å². The highest BCUT2D eigenvalue weighted by Gasteiger charge is 2.12. The Hall–Kier alpha value is -0.940. The summed E-state index contributed by atoms with van der Waals surface area (Å²) < 4.78 is 3.14. The minimum atomic E-state index is 0.771. The van der Waals surface area contributed by atoms with Gasteiger partial charge >= 0.3 is 0 Å². The molecule has 0 aliphatic heterocycles. The van der Waals surface area contributed by atoms with Crippen molar-refractivity contribution >= 4 is 33.4 Å². The number of thioether (sulfide) groups is 1. The van der Waals surface area contributed by atoms with Gasteiger partial charge in [0.15, 0.2) is 0 Å². The summed E-state index contributed by atoms with van der Waals surface area (Å²) in [5, 5.41) is 8.01. The van der Waals surface area contributed by atoms with Gasteiger partial charge in [0, 0.05) is 17.1 Å². The van der Waals surface area contributed by atoms with Crippen molar-refractivity contribution < 1.29 is 0 Å². The van der Waals surface area contributed by atoms with E-state index in [0.717, 1.165) is 23.3 Å². The smallest absolute Gasteiger partial charge is 0.0739 e. The molecule has 0 aliphatic rings. The van der Waals surface area contributed by atoms with Gasteiger partial charge in [-0.1, -0.05) is 12.1 Å². The summed E-state index contributed by atoms with van der Waals surface area (Å²) in [6, 6.07) is 8.36. The fourth-order valence-corrected chi connectivity index (χ4v) is 3.01. The van der Waals surface area contributed by atoms with E-state index in [9.17, 15) is 0 Å². The fraction of sp³-hybridized carbons (Fsp3) is 0.357. The molecule has 2 rings (SSSR count). The summed E-state index contributed by atoms with van der Waals surface area (Å²) in [4.78, 5) is 1.26. The maximum absolute atomic E-state index is 4.51. The van der Waals surface area contributed by atoms with Crippen molar-refractivity contribution in [1.29, 1.82) is 0 Å². The second kappa shape index (κ2) is 6.48. The molecule has 0 aliphatic carbocycles. The lowest BCUT2D eigenvalue weighted by Gasteiger charge is -2.11. The van der Waals surface area contributed by atoms with E-state index in [1.165, 1.54) is 16.3 Å². The number of hydrogen-bond donors (Lipinski definition) is 1. The zero-order valence-corrected chi connectivity index (χ0v) is 13.8. The molecular weight excluding hydrogens is 322 g/mol. The molecule has 1 aromatic heterocycles. The molecule has 0 saturated heterocycles. The summed E-state index contributed by atoms with van der Waals surface area (Å²) in [6.07, 6.45) is 2.09. The van der Waals surface area contributed by atoms with Gasteiger partial charge in [-0.25, -0.2) is 0 Å². The van der Waals surface area contributed by atoms with Crippen LogP contribution in [0, 0.1) is 6.92 Å². The van der Waals surface area contributed by atoms with Crippen molar-refractivity contribution in [1.82, 2.24) is 9.78 Å². The van der Waals surface area contributed by atoms with Crippen LogP contribution in [-0.2, 0) is 13.1 Å². The number of rotatable bonds is 5. The minimum absolute atomic E-state index is 0.771. The van der Waals surface area contributed by atoms with Crippen LogP contribution in [0.2, 0.25) is 0 Å². The minimum Gasteiger partial charge on any atom is -0.378 e. The van der Waals surface area contributed by atoms with Crippen molar-refractivity contribution in [2.75, 3.05) is 11.6 Å². The number of aryl methyl sites for hydroxylation is 2.